The molecule has 4 fully saturated rings. The Balaban J connectivity index is 1.57. The largest absolute Gasteiger partial charge is 0.312 e. The average molecular weight is 284 g/mol. The van der Waals surface area contributed by atoms with Gasteiger partial charge in [0.05, 0.1) is 0 Å². The van der Waals surface area contributed by atoms with Crippen LogP contribution in [0.25, 0.3) is 0 Å². The number of rotatable bonds is 4. The van der Waals surface area contributed by atoms with Gasteiger partial charge in [-0.05, 0) is 68.2 Å². The van der Waals surface area contributed by atoms with Crippen LogP contribution in [0.1, 0.15) is 32.1 Å². The highest BCUT2D eigenvalue weighted by Crippen LogP contribution is 2.56. The van der Waals surface area contributed by atoms with Crippen LogP contribution in [-0.2, 0) is 0 Å². The fraction of sp³-hybridized carbons (Fsp3) is 0.857. The van der Waals surface area contributed by atoms with Crippen LogP contribution in [0.4, 0.5) is 0 Å². The number of halogens is 1. The van der Waals surface area contributed by atoms with Crippen molar-refractivity contribution in [2.75, 3.05) is 13.1 Å². The van der Waals surface area contributed by atoms with E-state index in [0.717, 1.165) is 40.6 Å². The topological polar surface area (TPSA) is 12.0 Å². The summed E-state index contributed by atoms with van der Waals surface area (Å²) in [6.45, 7) is 6.04. The third kappa shape index (κ3) is 2.11. The molecule has 0 aromatic heterocycles. The van der Waals surface area contributed by atoms with E-state index in [1.165, 1.54) is 32.2 Å². The Morgan fingerprint density at radius 1 is 1.06 bits per heavy atom. The van der Waals surface area contributed by atoms with E-state index in [9.17, 15) is 0 Å². The van der Waals surface area contributed by atoms with E-state index in [2.05, 4.69) is 27.8 Å². The van der Waals surface area contributed by atoms with Crippen molar-refractivity contribution in [3.8, 4) is 0 Å². The number of nitrogens with one attached hydrogen (secondary N) is 1. The van der Waals surface area contributed by atoms with Crippen LogP contribution in [0.15, 0.2) is 11.1 Å². The highest BCUT2D eigenvalue weighted by molar-refractivity contribution is 9.11. The lowest BCUT2D eigenvalue weighted by Gasteiger charge is -2.54. The molecule has 0 saturated heterocycles. The first kappa shape index (κ1) is 11.3. The van der Waals surface area contributed by atoms with Crippen LogP contribution >= 0.6 is 15.9 Å². The van der Waals surface area contributed by atoms with Crippen molar-refractivity contribution >= 4 is 15.9 Å². The molecular formula is C14H22BrN. The molecule has 0 atom stereocenters. The average Bonchev–Trinajstić information content (AvgIpc) is 2.20. The predicted octanol–water partition coefficient (Wildman–Crippen LogP) is 3.56. The van der Waals surface area contributed by atoms with Gasteiger partial charge in [0.25, 0.3) is 0 Å². The van der Waals surface area contributed by atoms with Crippen molar-refractivity contribution in [2.45, 2.75) is 32.1 Å². The minimum Gasteiger partial charge on any atom is -0.312 e. The predicted molar refractivity (Wildman–Crippen MR) is 71.5 cm³/mol. The summed E-state index contributed by atoms with van der Waals surface area (Å²) in [5, 5.41) is 3.57. The lowest BCUT2D eigenvalue weighted by molar-refractivity contribution is -0.0351. The monoisotopic (exact) mass is 283 g/mol. The Morgan fingerprint density at radius 2 is 1.62 bits per heavy atom. The van der Waals surface area contributed by atoms with Crippen LogP contribution in [0.2, 0.25) is 0 Å². The zero-order valence-electron chi connectivity index (χ0n) is 9.92. The second-order valence-corrected chi connectivity index (χ2v) is 7.36. The molecule has 4 aliphatic rings. The fourth-order valence-electron chi connectivity index (χ4n) is 4.75. The van der Waals surface area contributed by atoms with Gasteiger partial charge in [-0.3, -0.25) is 0 Å². The number of hydrogen-bond acceptors (Lipinski definition) is 1. The summed E-state index contributed by atoms with van der Waals surface area (Å²) in [7, 11) is 0. The molecular weight excluding hydrogens is 262 g/mol. The van der Waals surface area contributed by atoms with Gasteiger partial charge >= 0.3 is 0 Å². The van der Waals surface area contributed by atoms with Gasteiger partial charge < -0.3 is 5.32 Å². The second-order valence-electron chi connectivity index (χ2n) is 6.24. The van der Waals surface area contributed by atoms with E-state index in [0.29, 0.717) is 0 Å². The van der Waals surface area contributed by atoms with E-state index in [1.807, 2.05) is 0 Å². The SMILES string of the molecule is C=C(Br)CNCC1C2CC3CC(C2)CC1C3. The van der Waals surface area contributed by atoms with Crippen molar-refractivity contribution in [1.82, 2.24) is 5.32 Å². The molecule has 4 bridgehead atoms. The minimum atomic E-state index is 0.933. The molecule has 0 unspecified atom stereocenters. The molecule has 0 aromatic rings. The van der Waals surface area contributed by atoms with Crippen molar-refractivity contribution in [3.05, 3.63) is 11.1 Å². The standard InChI is InChI=1S/C14H22BrN/c1-9(15)7-16-8-14-12-3-10-2-11(5-12)6-13(14)4-10/h10-14,16H,1-8H2. The van der Waals surface area contributed by atoms with Gasteiger partial charge in [0.1, 0.15) is 0 Å². The summed E-state index contributed by atoms with van der Waals surface area (Å²) < 4.78 is 1.08. The van der Waals surface area contributed by atoms with Gasteiger partial charge in [0, 0.05) is 11.0 Å². The Kier molecular flexibility index (Phi) is 3.14. The zero-order chi connectivity index (χ0) is 11.1. The molecule has 90 valence electrons. The molecule has 0 aromatic carbocycles. The summed E-state index contributed by atoms with van der Waals surface area (Å²) >= 11 is 3.42. The fourth-order valence-corrected chi connectivity index (χ4v) is 4.94. The van der Waals surface area contributed by atoms with Crippen LogP contribution in [0, 0.1) is 29.6 Å². The molecule has 0 amide bonds. The molecule has 4 rings (SSSR count). The smallest absolute Gasteiger partial charge is 0.0265 e. The van der Waals surface area contributed by atoms with Gasteiger partial charge in [-0.15, -0.1) is 0 Å². The van der Waals surface area contributed by atoms with Gasteiger partial charge in [-0.1, -0.05) is 22.5 Å². The second kappa shape index (κ2) is 4.45. The summed E-state index contributed by atoms with van der Waals surface area (Å²) in [5.41, 5.74) is 0. The molecule has 1 nitrogen and oxygen atoms in total. The molecule has 0 spiro atoms. The van der Waals surface area contributed by atoms with Gasteiger partial charge in [-0.25, -0.2) is 0 Å². The molecule has 0 heterocycles. The van der Waals surface area contributed by atoms with E-state index >= 15 is 0 Å². The summed E-state index contributed by atoms with van der Waals surface area (Å²) in [4.78, 5) is 0. The van der Waals surface area contributed by atoms with Crippen molar-refractivity contribution < 1.29 is 0 Å². The lowest BCUT2D eigenvalue weighted by atomic mass is 9.52. The van der Waals surface area contributed by atoms with E-state index in [1.54, 1.807) is 6.42 Å². The molecule has 0 aliphatic heterocycles. The Hall–Kier alpha value is 0.180. The zero-order valence-corrected chi connectivity index (χ0v) is 11.5. The Labute approximate surface area is 107 Å². The van der Waals surface area contributed by atoms with Crippen LogP contribution < -0.4 is 5.32 Å². The Morgan fingerprint density at radius 3 is 2.12 bits per heavy atom. The highest BCUT2D eigenvalue weighted by Gasteiger charge is 2.47. The van der Waals surface area contributed by atoms with E-state index in [-0.39, 0.29) is 0 Å². The third-order valence-corrected chi connectivity index (χ3v) is 5.40. The molecule has 1 N–H and O–H groups in total. The summed E-state index contributed by atoms with van der Waals surface area (Å²) in [6.07, 6.45) is 7.71. The minimum absolute atomic E-state index is 0.933. The maximum absolute atomic E-state index is 3.88. The van der Waals surface area contributed by atoms with Crippen molar-refractivity contribution in [3.63, 3.8) is 0 Å². The van der Waals surface area contributed by atoms with Crippen LogP contribution in [0.5, 0.6) is 0 Å². The summed E-state index contributed by atoms with van der Waals surface area (Å²) in [5.74, 6) is 5.27. The normalized spacial score (nSPS) is 44.9. The third-order valence-electron chi connectivity index (χ3n) is 5.12. The lowest BCUT2D eigenvalue weighted by Crippen LogP contribution is -2.48. The molecule has 2 heteroatoms. The maximum Gasteiger partial charge on any atom is 0.0265 e. The van der Waals surface area contributed by atoms with Crippen molar-refractivity contribution in [1.29, 1.82) is 0 Å². The summed E-state index contributed by atoms with van der Waals surface area (Å²) in [6, 6.07) is 0. The highest BCUT2D eigenvalue weighted by atomic mass is 79.9. The van der Waals surface area contributed by atoms with Gasteiger partial charge in [0.2, 0.25) is 0 Å². The molecule has 0 radical (unpaired) electrons. The molecule has 4 aliphatic carbocycles. The molecule has 16 heavy (non-hydrogen) atoms. The first-order chi connectivity index (χ1) is 7.72. The van der Waals surface area contributed by atoms with Gasteiger partial charge in [-0.2, -0.15) is 0 Å². The van der Waals surface area contributed by atoms with Crippen molar-refractivity contribution in [2.24, 2.45) is 29.6 Å². The number of hydrogen-bond donors (Lipinski definition) is 1. The Bertz CT molecular complexity index is 258. The van der Waals surface area contributed by atoms with E-state index < -0.39 is 0 Å². The maximum atomic E-state index is 3.88. The van der Waals surface area contributed by atoms with Crippen LogP contribution in [0.3, 0.4) is 0 Å². The quantitative estimate of drug-likeness (QED) is 0.832. The molecule has 4 saturated carbocycles. The van der Waals surface area contributed by atoms with E-state index in [4.69, 9.17) is 0 Å². The van der Waals surface area contributed by atoms with Crippen LogP contribution in [-0.4, -0.2) is 13.1 Å². The first-order valence-corrected chi connectivity index (χ1v) is 7.55. The van der Waals surface area contributed by atoms with Gasteiger partial charge in [0.15, 0.2) is 0 Å². The first-order valence-electron chi connectivity index (χ1n) is 6.76.